The first-order valence-electron chi connectivity index (χ1n) is 6.15. The van der Waals surface area contributed by atoms with Gasteiger partial charge in [0.05, 0.1) is 22.7 Å². The van der Waals surface area contributed by atoms with Crippen molar-refractivity contribution in [3.05, 3.63) is 52.8 Å². The molecule has 0 saturated carbocycles. The summed E-state index contributed by atoms with van der Waals surface area (Å²) in [4.78, 5) is 15.4. The van der Waals surface area contributed by atoms with E-state index in [2.05, 4.69) is 20.9 Å². The molecule has 1 heterocycles. The summed E-state index contributed by atoms with van der Waals surface area (Å²) in [5, 5.41) is 9.20. The summed E-state index contributed by atoms with van der Waals surface area (Å²) in [5.41, 5.74) is 2.27. The van der Waals surface area contributed by atoms with Gasteiger partial charge < -0.3 is 9.84 Å². The van der Waals surface area contributed by atoms with E-state index in [1.807, 2.05) is 28.8 Å². The quantitative estimate of drug-likeness (QED) is 0.788. The molecule has 3 rings (SSSR count). The van der Waals surface area contributed by atoms with Crippen LogP contribution < -0.4 is 4.74 Å². The maximum atomic E-state index is 11.2. The predicted molar refractivity (Wildman–Crippen MR) is 82.3 cm³/mol. The van der Waals surface area contributed by atoms with Gasteiger partial charge in [-0.3, -0.25) is 4.57 Å². The first kappa shape index (κ1) is 13.6. The van der Waals surface area contributed by atoms with E-state index < -0.39 is 5.97 Å². The number of methoxy groups -OCH3 is 1. The van der Waals surface area contributed by atoms with Crippen LogP contribution in [0.1, 0.15) is 10.4 Å². The van der Waals surface area contributed by atoms with Gasteiger partial charge in [0.15, 0.2) is 0 Å². The van der Waals surface area contributed by atoms with Crippen LogP contribution >= 0.6 is 15.9 Å². The second kappa shape index (κ2) is 5.21. The number of carboxylic acids is 1. The summed E-state index contributed by atoms with van der Waals surface area (Å²) in [6.45, 7) is 0. The predicted octanol–water partition coefficient (Wildman–Crippen LogP) is 3.49. The molecule has 21 heavy (non-hydrogen) atoms. The molecule has 0 aliphatic carbocycles. The highest BCUT2D eigenvalue weighted by Crippen LogP contribution is 2.29. The first-order valence-corrected chi connectivity index (χ1v) is 6.94. The van der Waals surface area contributed by atoms with Crippen LogP contribution in [-0.4, -0.2) is 27.7 Å². The monoisotopic (exact) mass is 346 g/mol. The molecule has 0 aliphatic heterocycles. The second-order valence-electron chi connectivity index (χ2n) is 4.41. The summed E-state index contributed by atoms with van der Waals surface area (Å²) in [5.74, 6) is -0.254. The average molecular weight is 347 g/mol. The molecule has 0 amide bonds. The van der Waals surface area contributed by atoms with Gasteiger partial charge in [0.1, 0.15) is 17.6 Å². The number of aromatic carboxylic acids is 1. The fourth-order valence-electron chi connectivity index (χ4n) is 2.22. The number of benzene rings is 2. The van der Waals surface area contributed by atoms with E-state index in [4.69, 9.17) is 4.74 Å². The van der Waals surface area contributed by atoms with Gasteiger partial charge in [0.25, 0.3) is 0 Å². The molecule has 0 radical (unpaired) electrons. The van der Waals surface area contributed by atoms with Crippen LogP contribution in [0.25, 0.3) is 16.7 Å². The normalized spacial score (nSPS) is 10.8. The van der Waals surface area contributed by atoms with Crippen molar-refractivity contribution in [2.75, 3.05) is 7.11 Å². The molecule has 0 aliphatic rings. The zero-order valence-electron chi connectivity index (χ0n) is 11.1. The van der Waals surface area contributed by atoms with Crippen molar-refractivity contribution in [3.8, 4) is 11.4 Å². The van der Waals surface area contributed by atoms with Crippen molar-refractivity contribution in [2.24, 2.45) is 0 Å². The largest absolute Gasteiger partial charge is 0.496 e. The minimum atomic E-state index is -0.984. The molecule has 6 heteroatoms. The van der Waals surface area contributed by atoms with E-state index in [0.29, 0.717) is 5.52 Å². The van der Waals surface area contributed by atoms with Crippen molar-refractivity contribution < 1.29 is 14.6 Å². The Morgan fingerprint density at radius 3 is 2.81 bits per heavy atom. The summed E-state index contributed by atoms with van der Waals surface area (Å²) in [7, 11) is 1.60. The number of nitrogens with zero attached hydrogens (tertiary/aromatic N) is 2. The Kier molecular flexibility index (Phi) is 3.39. The Hall–Kier alpha value is -2.34. The molecule has 0 unspecified atom stereocenters. The molecule has 3 aromatic rings. The van der Waals surface area contributed by atoms with Gasteiger partial charge in [-0.15, -0.1) is 0 Å². The average Bonchev–Trinajstić information content (AvgIpc) is 2.90. The lowest BCUT2D eigenvalue weighted by Gasteiger charge is -2.08. The Bertz CT molecular complexity index is 842. The maximum absolute atomic E-state index is 11.2. The minimum absolute atomic E-state index is 0.193. The van der Waals surface area contributed by atoms with Gasteiger partial charge in [-0.2, -0.15) is 0 Å². The van der Waals surface area contributed by atoms with Gasteiger partial charge in [-0.1, -0.05) is 6.07 Å². The Morgan fingerprint density at radius 2 is 2.14 bits per heavy atom. The SMILES string of the molecule is COc1ccc(-n2cnc3c(C(=O)O)cccc32)cc1Br. The Balaban J connectivity index is 2.20. The van der Waals surface area contributed by atoms with Crippen molar-refractivity contribution in [1.29, 1.82) is 0 Å². The van der Waals surface area contributed by atoms with Crippen molar-refractivity contribution >= 4 is 32.9 Å². The van der Waals surface area contributed by atoms with Gasteiger partial charge in [-0.05, 0) is 46.3 Å². The van der Waals surface area contributed by atoms with E-state index in [1.165, 1.54) is 0 Å². The van der Waals surface area contributed by atoms with Crippen molar-refractivity contribution in [1.82, 2.24) is 9.55 Å². The molecule has 1 aromatic heterocycles. The van der Waals surface area contributed by atoms with E-state index in [0.717, 1.165) is 21.4 Å². The number of imidazole rings is 1. The molecule has 5 nitrogen and oxygen atoms in total. The molecule has 0 spiro atoms. The van der Waals surface area contributed by atoms with Gasteiger partial charge in [-0.25, -0.2) is 9.78 Å². The number of para-hydroxylation sites is 1. The van der Waals surface area contributed by atoms with Gasteiger partial charge >= 0.3 is 5.97 Å². The molecule has 1 N–H and O–H groups in total. The van der Waals surface area contributed by atoms with Gasteiger partial charge in [0, 0.05) is 5.69 Å². The number of rotatable bonds is 3. The highest BCUT2D eigenvalue weighted by atomic mass is 79.9. The molecular weight excluding hydrogens is 336 g/mol. The molecule has 106 valence electrons. The molecule has 0 saturated heterocycles. The summed E-state index contributed by atoms with van der Waals surface area (Å²) in [6, 6.07) is 10.7. The van der Waals surface area contributed by atoms with Crippen LogP contribution in [0.3, 0.4) is 0 Å². The number of hydrogen-bond donors (Lipinski definition) is 1. The lowest BCUT2D eigenvalue weighted by atomic mass is 10.2. The molecule has 0 bridgehead atoms. The lowest BCUT2D eigenvalue weighted by molar-refractivity contribution is 0.0699. The third-order valence-corrected chi connectivity index (χ3v) is 3.84. The lowest BCUT2D eigenvalue weighted by Crippen LogP contribution is -1.98. The smallest absolute Gasteiger partial charge is 0.337 e. The number of ether oxygens (including phenoxy) is 1. The van der Waals surface area contributed by atoms with Crippen LogP contribution in [0, 0.1) is 0 Å². The van der Waals surface area contributed by atoms with E-state index in [-0.39, 0.29) is 5.56 Å². The number of hydrogen-bond acceptors (Lipinski definition) is 3. The second-order valence-corrected chi connectivity index (χ2v) is 5.27. The third-order valence-electron chi connectivity index (χ3n) is 3.22. The van der Waals surface area contributed by atoms with E-state index >= 15 is 0 Å². The van der Waals surface area contributed by atoms with Crippen LogP contribution in [0.4, 0.5) is 0 Å². The molecular formula is C15H11BrN2O3. The zero-order valence-corrected chi connectivity index (χ0v) is 12.7. The highest BCUT2D eigenvalue weighted by molar-refractivity contribution is 9.10. The van der Waals surface area contributed by atoms with E-state index in [9.17, 15) is 9.90 Å². The third kappa shape index (κ3) is 2.27. The number of carbonyl (C=O) groups is 1. The summed E-state index contributed by atoms with van der Waals surface area (Å²) < 4.78 is 7.86. The van der Waals surface area contributed by atoms with Crippen molar-refractivity contribution in [3.63, 3.8) is 0 Å². The maximum Gasteiger partial charge on any atom is 0.337 e. The number of halogens is 1. The summed E-state index contributed by atoms with van der Waals surface area (Å²) in [6.07, 6.45) is 1.62. The zero-order chi connectivity index (χ0) is 15.0. The molecule has 0 fully saturated rings. The van der Waals surface area contributed by atoms with Crippen LogP contribution in [-0.2, 0) is 0 Å². The van der Waals surface area contributed by atoms with Crippen LogP contribution in [0.5, 0.6) is 5.75 Å². The Morgan fingerprint density at radius 1 is 1.33 bits per heavy atom. The van der Waals surface area contributed by atoms with Gasteiger partial charge in [0.2, 0.25) is 0 Å². The first-order chi connectivity index (χ1) is 10.1. The topological polar surface area (TPSA) is 64.4 Å². The molecule has 2 aromatic carbocycles. The summed E-state index contributed by atoms with van der Waals surface area (Å²) >= 11 is 3.44. The highest BCUT2D eigenvalue weighted by Gasteiger charge is 2.13. The fourth-order valence-corrected chi connectivity index (χ4v) is 2.75. The minimum Gasteiger partial charge on any atom is -0.496 e. The Labute approximate surface area is 128 Å². The standard InChI is InChI=1S/C15H11BrN2O3/c1-21-13-6-5-9(7-11(13)16)18-8-17-14-10(15(19)20)3-2-4-12(14)18/h2-8H,1H3,(H,19,20). The van der Waals surface area contributed by atoms with Crippen LogP contribution in [0.2, 0.25) is 0 Å². The van der Waals surface area contributed by atoms with Crippen LogP contribution in [0.15, 0.2) is 47.2 Å². The number of aromatic nitrogens is 2. The number of fused-ring (bicyclic) bond motifs is 1. The number of carboxylic acid groups (broad SMARTS) is 1. The van der Waals surface area contributed by atoms with E-state index in [1.54, 1.807) is 25.6 Å². The fraction of sp³-hybridized carbons (Fsp3) is 0.0667. The van der Waals surface area contributed by atoms with Crippen molar-refractivity contribution in [2.45, 2.75) is 0 Å². The molecule has 0 atom stereocenters.